The predicted octanol–water partition coefficient (Wildman–Crippen LogP) is 2.13. The number of hydrogen-bond donors (Lipinski definition) is 1. The average molecular weight is 210 g/mol. The molecule has 78 valence electrons. The second-order valence-electron chi connectivity index (χ2n) is 3.42. The number of halogens is 1. The number of rotatable bonds is 6. The van der Waals surface area contributed by atoms with Crippen molar-refractivity contribution in [1.82, 2.24) is 0 Å². The van der Waals surface area contributed by atoms with Crippen LogP contribution in [0.2, 0.25) is 0 Å². The van der Waals surface area contributed by atoms with Crippen molar-refractivity contribution in [3.63, 3.8) is 0 Å². The van der Waals surface area contributed by atoms with Gasteiger partial charge in [0.2, 0.25) is 0 Å². The van der Waals surface area contributed by atoms with Crippen LogP contribution in [0.3, 0.4) is 0 Å². The first-order valence-electron chi connectivity index (χ1n) is 4.80. The standard InChI is InChI=1S/C9H17ClO3/c1-6(4-7(2)10)5-13-8(3)9(11)12/h6-8H,4-5H2,1-3H3,(H,11,12)/i/hD. The summed E-state index contributed by atoms with van der Waals surface area (Å²) in [6.45, 7) is 5.93. The minimum absolute atomic E-state index is 0.104. The number of aliphatic carboxylic acids is 1. The topological polar surface area (TPSA) is 46.5 Å². The van der Waals surface area contributed by atoms with E-state index in [0.29, 0.717) is 12.5 Å². The highest BCUT2D eigenvalue weighted by molar-refractivity contribution is 6.20. The summed E-state index contributed by atoms with van der Waals surface area (Å²) < 4.78 is 11.6. The maximum Gasteiger partial charge on any atom is 0.332 e. The molecule has 0 aromatic heterocycles. The van der Waals surface area contributed by atoms with E-state index in [4.69, 9.17) is 17.8 Å². The van der Waals surface area contributed by atoms with E-state index in [1.807, 2.05) is 13.8 Å². The van der Waals surface area contributed by atoms with Gasteiger partial charge < -0.3 is 9.85 Å². The molecule has 0 spiro atoms. The summed E-state index contributed by atoms with van der Waals surface area (Å²) in [5.41, 5.74) is 0. The third-order valence-electron chi connectivity index (χ3n) is 1.69. The van der Waals surface area contributed by atoms with E-state index in [2.05, 4.69) is 5.11 Å². The maximum absolute atomic E-state index is 10.8. The van der Waals surface area contributed by atoms with Gasteiger partial charge in [-0.2, -0.15) is 0 Å². The first kappa shape index (κ1) is 10.8. The third-order valence-corrected chi connectivity index (χ3v) is 1.87. The summed E-state index contributed by atoms with van der Waals surface area (Å²) in [5, 5.41) is 3.89. The fourth-order valence-electron chi connectivity index (χ4n) is 0.999. The summed E-state index contributed by atoms with van der Waals surface area (Å²) in [5.74, 6) is -0.375. The molecule has 0 aliphatic rings. The molecule has 3 nitrogen and oxygen atoms in total. The highest BCUT2D eigenvalue weighted by Gasteiger charge is 2.13. The molecule has 0 aliphatic heterocycles. The highest BCUT2D eigenvalue weighted by Crippen LogP contribution is 2.11. The summed E-state index contributed by atoms with van der Waals surface area (Å²) in [7, 11) is 0. The number of alkyl halides is 1. The Kier molecular flexibility index (Phi) is 5.16. The van der Waals surface area contributed by atoms with Crippen molar-refractivity contribution in [2.75, 3.05) is 6.61 Å². The molecule has 3 atom stereocenters. The molecule has 0 saturated heterocycles. The van der Waals surface area contributed by atoms with Crippen LogP contribution in [0.5, 0.6) is 0 Å². The van der Waals surface area contributed by atoms with Crippen LogP contribution in [-0.2, 0) is 9.53 Å². The van der Waals surface area contributed by atoms with Gasteiger partial charge in [0, 0.05) is 5.38 Å². The van der Waals surface area contributed by atoms with E-state index < -0.39 is 12.1 Å². The van der Waals surface area contributed by atoms with Crippen LogP contribution in [0.15, 0.2) is 0 Å². The third kappa shape index (κ3) is 6.84. The zero-order chi connectivity index (χ0) is 11.1. The second-order valence-corrected chi connectivity index (χ2v) is 4.16. The Bertz CT molecular complexity index is 175. The molecule has 0 bridgehead atoms. The molecule has 3 unspecified atom stereocenters. The largest absolute Gasteiger partial charge is 0.479 e. The SMILES string of the molecule is [2H]OC(=O)C(C)OCC(C)CC(C)Cl. The van der Waals surface area contributed by atoms with Crippen molar-refractivity contribution in [1.29, 1.82) is 1.43 Å². The number of carboxylic acids is 1. The predicted molar refractivity (Wildman–Crippen MR) is 52.1 cm³/mol. The summed E-state index contributed by atoms with van der Waals surface area (Å²) in [6.07, 6.45) is 0.157. The van der Waals surface area contributed by atoms with Gasteiger partial charge in [-0.3, -0.25) is 0 Å². The molecule has 0 radical (unpaired) electrons. The minimum Gasteiger partial charge on any atom is -0.479 e. The molecule has 0 rings (SSSR count). The van der Waals surface area contributed by atoms with E-state index >= 15 is 0 Å². The van der Waals surface area contributed by atoms with Gasteiger partial charge in [0.25, 0.3) is 1.43 Å². The fraction of sp³-hybridized carbons (Fsp3) is 0.889. The van der Waals surface area contributed by atoms with Gasteiger partial charge in [-0.1, -0.05) is 6.92 Å². The summed E-state index contributed by atoms with van der Waals surface area (Å²) in [4.78, 5) is 10.8. The van der Waals surface area contributed by atoms with Crippen LogP contribution in [0, 0.1) is 5.92 Å². The van der Waals surface area contributed by atoms with Gasteiger partial charge in [0.1, 0.15) is 0 Å². The molecule has 0 aromatic rings. The van der Waals surface area contributed by atoms with E-state index in [1.54, 1.807) is 6.92 Å². The zero-order valence-corrected chi connectivity index (χ0v) is 9.00. The normalized spacial score (nSPS) is 18.6. The van der Waals surface area contributed by atoms with Crippen LogP contribution < -0.4 is 0 Å². The lowest BCUT2D eigenvalue weighted by Crippen LogP contribution is -2.23. The second kappa shape index (κ2) is 6.22. The van der Waals surface area contributed by atoms with Crippen molar-refractivity contribution < 1.29 is 14.6 Å². The molecule has 0 heterocycles. The first-order chi connectivity index (χ1) is 6.47. The van der Waals surface area contributed by atoms with E-state index in [1.165, 1.54) is 0 Å². The van der Waals surface area contributed by atoms with Crippen LogP contribution in [0.25, 0.3) is 1.43 Å². The Hall–Kier alpha value is -0.280. The molecule has 0 aromatic carbocycles. The van der Waals surface area contributed by atoms with Gasteiger partial charge >= 0.3 is 5.97 Å². The van der Waals surface area contributed by atoms with Crippen LogP contribution in [0.4, 0.5) is 0 Å². The fourth-order valence-corrected chi connectivity index (χ4v) is 1.30. The summed E-state index contributed by atoms with van der Waals surface area (Å²) >= 11 is 5.80. The smallest absolute Gasteiger partial charge is 0.332 e. The average Bonchev–Trinajstić information content (AvgIpc) is 2.11. The van der Waals surface area contributed by atoms with Crippen molar-refractivity contribution in [2.45, 2.75) is 38.7 Å². The summed E-state index contributed by atoms with van der Waals surface area (Å²) in [6, 6.07) is 0. The van der Waals surface area contributed by atoms with Crippen molar-refractivity contribution >= 4 is 17.6 Å². The maximum atomic E-state index is 10.8. The van der Waals surface area contributed by atoms with Crippen molar-refractivity contribution in [3.05, 3.63) is 0 Å². The first-order valence-corrected chi connectivity index (χ1v) is 4.83. The quantitative estimate of drug-likeness (QED) is 0.682. The molecule has 4 heteroatoms. The Labute approximate surface area is 85.5 Å². The monoisotopic (exact) mass is 209 g/mol. The van der Waals surface area contributed by atoms with Gasteiger partial charge in [0.15, 0.2) is 6.10 Å². The zero-order valence-electron chi connectivity index (χ0n) is 9.25. The molecule has 0 amide bonds. The molecule has 0 fully saturated rings. The lowest BCUT2D eigenvalue weighted by atomic mass is 10.1. The van der Waals surface area contributed by atoms with Crippen LogP contribution in [0.1, 0.15) is 27.2 Å². The van der Waals surface area contributed by atoms with E-state index in [9.17, 15) is 4.79 Å². The Morgan fingerprint density at radius 1 is 1.62 bits per heavy atom. The van der Waals surface area contributed by atoms with Gasteiger partial charge in [-0.25, -0.2) is 4.79 Å². The number of hydrogen-bond acceptors (Lipinski definition) is 3. The Morgan fingerprint density at radius 3 is 2.69 bits per heavy atom. The van der Waals surface area contributed by atoms with E-state index in [-0.39, 0.29) is 5.38 Å². The van der Waals surface area contributed by atoms with Gasteiger partial charge in [-0.05, 0) is 26.2 Å². The Morgan fingerprint density at radius 2 is 2.23 bits per heavy atom. The lowest BCUT2D eigenvalue weighted by Gasteiger charge is -2.15. The van der Waals surface area contributed by atoms with E-state index in [0.717, 1.165) is 6.42 Å². The number of ether oxygens (including phenoxy) is 1. The van der Waals surface area contributed by atoms with Crippen molar-refractivity contribution in [2.24, 2.45) is 5.92 Å². The van der Waals surface area contributed by atoms with Crippen LogP contribution in [-0.4, -0.2) is 29.2 Å². The Balaban J connectivity index is 3.65. The molecule has 0 saturated carbocycles. The molecule has 1 N–H and O–H groups in total. The van der Waals surface area contributed by atoms with Gasteiger partial charge in [-0.15, -0.1) is 11.6 Å². The molecule has 0 aliphatic carbocycles. The minimum atomic E-state index is -0.680. The van der Waals surface area contributed by atoms with Gasteiger partial charge in [0.05, 0.1) is 6.61 Å². The molecule has 13 heavy (non-hydrogen) atoms. The number of carboxylic acid groups (broad SMARTS) is 1. The highest BCUT2D eigenvalue weighted by atomic mass is 35.5. The molecular weight excluding hydrogens is 192 g/mol. The lowest BCUT2D eigenvalue weighted by molar-refractivity contribution is -0.149. The molecular formula is C9H17ClO3. The van der Waals surface area contributed by atoms with Crippen LogP contribution >= 0.6 is 11.6 Å². The number of carbonyl (C=O) groups is 1. The van der Waals surface area contributed by atoms with Crippen molar-refractivity contribution in [3.8, 4) is 0 Å².